The lowest BCUT2D eigenvalue weighted by molar-refractivity contribution is 0.589. The summed E-state index contributed by atoms with van der Waals surface area (Å²) in [5.74, 6) is 0.132. The Labute approximate surface area is 117 Å². The number of allylic oxidation sites excluding steroid dienone is 1. The van der Waals surface area contributed by atoms with Gasteiger partial charge in [0.25, 0.3) is 0 Å². The molecule has 1 aromatic rings. The molecule has 104 valence electrons. The highest BCUT2D eigenvalue weighted by Gasteiger charge is 2.12. The number of rotatable bonds is 4. The molecule has 1 aromatic carbocycles. The first-order chi connectivity index (χ1) is 8.82. The van der Waals surface area contributed by atoms with Crippen molar-refractivity contribution >= 4 is 0 Å². The Morgan fingerprint density at radius 2 is 1.84 bits per heavy atom. The molecule has 1 heteroatoms. The molecule has 0 fully saturated rings. The summed E-state index contributed by atoms with van der Waals surface area (Å²) in [6.45, 7) is 10.5. The molecule has 0 amide bonds. The molecule has 0 aliphatic carbocycles. The van der Waals surface area contributed by atoms with Crippen molar-refractivity contribution in [3.05, 3.63) is 53.0 Å². The first-order valence-electron chi connectivity index (χ1n) is 7.03. The average molecular weight is 260 g/mol. The number of halogens is 1. The molecule has 0 radical (unpaired) electrons. The zero-order chi connectivity index (χ0) is 14.5. The van der Waals surface area contributed by atoms with Crippen LogP contribution in [0.2, 0.25) is 0 Å². The van der Waals surface area contributed by atoms with E-state index in [-0.39, 0.29) is 11.2 Å². The molecule has 0 heterocycles. The summed E-state index contributed by atoms with van der Waals surface area (Å²) in [4.78, 5) is 0. The van der Waals surface area contributed by atoms with Crippen LogP contribution in [0.1, 0.15) is 52.2 Å². The van der Waals surface area contributed by atoms with Gasteiger partial charge in [-0.15, -0.1) is 0 Å². The Hall–Kier alpha value is -1.33. The van der Waals surface area contributed by atoms with Crippen molar-refractivity contribution in [2.75, 3.05) is 0 Å². The lowest BCUT2D eigenvalue weighted by Crippen LogP contribution is -2.10. The Balaban J connectivity index is 2.71. The monoisotopic (exact) mass is 260 g/mol. The topological polar surface area (TPSA) is 0 Å². The first kappa shape index (κ1) is 15.7. The van der Waals surface area contributed by atoms with E-state index < -0.39 is 0 Å². The largest absolute Gasteiger partial charge is 0.203 e. The van der Waals surface area contributed by atoms with Crippen LogP contribution in [0, 0.1) is 5.92 Å². The van der Waals surface area contributed by atoms with Crippen LogP contribution in [-0.2, 0) is 11.8 Å². The van der Waals surface area contributed by atoms with E-state index in [0.717, 1.165) is 6.42 Å². The fourth-order valence-electron chi connectivity index (χ4n) is 1.91. The number of hydrogen-bond donors (Lipinski definition) is 0. The van der Waals surface area contributed by atoms with Gasteiger partial charge in [-0.2, -0.15) is 0 Å². The van der Waals surface area contributed by atoms with Gasteiger partial charge in [0.15, 0.2) is 0 Å². The van der Waals surface area contributed by atoms with Crippen LogP contribution < -0.4 is 0 Å². The van der Waals surface area contributed by atoms with E-state index in [4.69, 9.17) is 0 Å². The molecule has 0 aromatic heterocycles. The van der Waals surface area contributed by atoms with E-state index in [1.54, 1.807) is 6.92 Å². The van der Waals surface area contributed by atoms with Crippen molar-refractivity contribution < 1.29 is 4.39 Å². The molecule has 1 unspecified atom stereocenters. The summed E-state index contributed by atoms with van der Waals surface area (Å²) in [6.07, 6.45) is 3.18. The number of benzene rings is 1. The lowest BCUT2D eigenvalue weighted by atomic mass is 9.86. The number of hydrogen-bond acceptors (Lipinski definition) is 0. The second kappa shape index (κ2) is 6.73. The van der Waals surface area contributed by atoms with E-state index in [9.17, 15) is 4.39 Å². The summed E-state index contributed by atoms with van der Waals surface area (Å²) in [5, 5.41) is 0. The Morgan fingerprint density at radius 3 is 2.32 bits per heavy atom. The highest BCUT2D eigenvalue weighted by atomic mass is 19.1. The van der Waals surface area contributed by atoms with E-state index >= 15 is 0 Å². The molecule has 0 aliphatic rings. The molecular formula is C18H25F. The standard InChI is InChI=1S/C18H25F/c1-6-17(19)12-7-14(2)13-15-8-10-16(11-9-15)18(3,4)5/h7-11,14H,6,13H2,1-5H3. The normalized spacial score (nSPS) is 12.7. The lowest BCUT2D eigenvalue weighted by Gasteiger charge is -2.19. The van der Waals surface area contributed by atoms with Crippen molar-refractivity contribution in [3.8, 4) is 0 Å². The third-order valence-corrected chi connectivity index (χ3v) is 3.21. The quantitative estimate of drug-likeness (QED) is 0.620. The molecule has 1 rings (SSSR count). The van der Waals surface area contributed by atoms with Crippen molar-refractivity contribution in [2.24, 2.45) is 5.92 Å². The fraction of sp³-hybridized carbons (Fsp3) is 0.500. The van der Waals surface area contributed by atoms with E-state index in [0.29, 0.717) is 12.3 Å². The van der Waals surface area contributed by atoms with Crippen LogP contribution in [0.5, 0.6) is 0 Å². The maximum atomic E-state index is 13.0. The molecule has 1 atom stereocenters. The van der Waals surface area contributed by atoms with Gasteiger partial charge in [0.1, 0.15) is 5.83 Å². The molecule has 0 saturated carbocycles. The third kappa shape index (κ3) is 5.44. The molecule has 0 nitrogen and oxygen atoms in total. The maximum Gasteiger partial charge on any atom is 0.141 e. The highest BCUT2D eigenvalue weighted by Crippen LogP contribution is 2.23. The van der Waals surface area contributed by atoms with Gasteiger partial charge in [0, 0.05) is 6.42 Å². The average Bonchev–Trinajstić information content (AvgIpc) is 2.35. The van der Waals surface area contributed by atoms with Gasteiger partial charge >= 0.3 is 0 Å². The van der Waals surface area contributed by atoms with Crippen LogP contribution in [0.25, 0.3) is 0 Å². The molecule has 0 bridgehead atoms. The van der Waals surface area contributed by atoms with Gasteiger partial charge in [-0.1, -0.05) is 64.6 Å². The summed E-state index contributed by atoms with van der Waals surface area (Å²) < 4.78 is 13.0. The van der Waals surface area contributed by atoms with Gasteiger partial charge in [-0.05, 0) is 35.0 Å². The van der Waals surface area contributed by atoms with Gasteiger partial charge in [0.2, 0.25) is 0 Å². The van der Waals surface area contributed by atoms with Gasteiger partial charge in [0.05, 0.1) is 0 Å². The first-order valence-corrected chi connectivity index (χ1v) is 7.03. The Bertz CT molecular complexity index is 453. The second-order valence-electron chi connectivity index (χ2n) is 6.20. The predicted octanol–water partition coefficient (Wildman–Crippen LogP) is 5.58. The van der Waals surface area contributed by atoms with Crippen molar-refractivity contribution in [3.63, 3.8) is 0 Å². The van der Waals surface area contributed by atoms with Crippen LogP contribution >= 0.6 is 0 Å². The Morgan fingerprint density at radius 1 is 1.26 bits per heavy atom. The zero-order valence-corrected chi connectivity index (χ0v) is 12.8. The molecule has 0 saturated heterocycles. The van der Waals surface area contributed by atoms with Crippen molar-refractivity contribution in [2.45, 2.75) is 52.9 Å². The van der Waals surface area contributed by atoms with Gasteiger partial charge in [-0.3, -0.25) is 0 Å². The maximum absolute atomic E-state index is 13.0. The summed E-state index contributed by atoms with van der Waals surface area (Å²) >= 11 is 0. The second-order valence-corrected chi connectivity index (χ2v) is 6.20. The molecule has 0 N–H and O–H groups in total. The van der Waals surface area contributed by atoms with Crippen LogP contribution in [0.15, 0.2) is 41.9 Å². The zero-order valence-electron chi connectivity index (χ0n) is 12.8. The molecular weight excluding hydrogens is 235 g/mol. The van der Waals surface area contributed by atoms with E-state index in [1.165, 1.54) is 11.1 Å². The summed E-state index contributed by atoms with van der Waals surface area (Å²) in [5.41, 5.74) is 5.54. The van der Waals surface area contributed by atoms with Gasteiger partial charge in [-0.25, -0.2) is 4.39 Å². The van der Waals surface area contributed by atoms with Gasteiger partial charge < -0.3 is 0 Å². The molecule has 0 spiro atoms. The minimum Gasteiger partial charge on any atom is -0.203 e. The molecule has 0 aliphatic heterocycles. The fourth-order valence-corrected chi connectivity index (χ4v) is 1.91. The van der Waals surface area contributed by atoms with Crippen LogP contribution in [0.4, 0.5) is 4.39 Å². The summed E-state index contributed by atoms with van der Waals surface area (Å²) in [6, 6.07) is 8.72. The van der Waals surface area contributed by atoms with E-state index in [2.05, 4.69) is 57.7 Å². The van der Waals surface area contributed by atoms with Crippen LogP contribution in [0.3, 0.4) is 0 Å². The summed E-state index contributed by atoms with van der Waals surface area (Å²) in [7, 11) is 0. The highest BCUT2D eigenvalue weighted by molar-refractivity contribution is 5.28. The van der Waals surface area contributed by atoms with Crippen molar-refractivity contribution in [1.29, 1.82) is 0 Å². The third-order valence-electron chi connectivity index (χ3n) is 3.21. The predicted molar refractivity (Wildman–Crippen MR) is 81.0 cm³/mol. The minimum atomic E-state index is -0.171. The van der Waals surface area contributed by atoms with E-state index in [1.807, 2.05) is 6.08 Å². The SMILES string of the molecule is CCC(F)=C=CC(C)Cc1ccc(C(C)(C)C)cc1. The van der Waals surface area contributed by atoms with Crippen molar-refractivity contribution in [1.82, 2.24) is 0 Å². The molecule has 19 heavy (non-hydrogen) atoms. The Kier molecular flexibility index (Phi) is 5.57. The smallest absolute Gasteiger partial charge is 0.141 e. The van der Waals surface area contributed by atoms with Crippen LogP contribution in [-0.4, -0.2) is 0 Å². The minimum absolute atomic E-state index is 0.171.